The molecule has 1 saturated heterocycles. The molecule has 0 saturated carbocycles. The fourth-order valence-corrected chi connectivity index (χ4v) is 6.93. The Bertz CT molecular complexity index is 1600. The molecule has 0 radical (unpaired) electrons. The molecule has 10 heteroatoms. The molecule has 0 bridgehead atoms. The van der Waals surface area contributed by atoms with E-state index in [-0.39, 0.29) is 43.1 Å². The Morgan fingerprint density at radius 1 is 1.05 bits per heavy atom. The number of anilines is 1. The molecule has 1 aliphatic carbocycles. The van der Waals surface area contributed by atoms with Crippen LogP contribution in [-0.4, -0.2) is 40.1 Å². The maximum Gasteiger partial charge on any atom is 0.237 e. The van der Waals surface area contributed by atoms with Gasteiger partial charge >= 0.3 is 0 Å². The molecule has 3 aromatic rings. The lowest BCUT2D eigenvalue weighted by Crippen LogP contribution is -2.51. The molecule has 1 N–H and O–H groups in total. The van der Waals surface area contributed by atoms with Crippen LogP contribution in [0.4, 0.5) is 23.4 Å². The molecule has 2 aliphatic heterocycles. The van der Waals surface area contributed by atoms with Crippen LogP contribution in [0, 0.1) is 29.2 Å². The van der Waals surface area contributed by atoms with Gasteiger partial charge < -0.3 is 10.2 Å². The minimum absolute atomic E-state index is 0.142. The number of nitrogens with zero attached hydrogens (tertiary/aromatic N) is 2. The van der Waals surface area contributed by atoms with Gasteiger partial charge in [-0.15, -0.1) is 0 Å². The second-order valence-electron chi connectivity index (χ2n) is 11.2. The van der Waals surface area contributed by atoms with Gasteiger partial charge in [0.1, 0.15) is 5.82 Å². The minimum Gasteiger partial charge on any atom is -0.339 e. The van der Waals surface area contributed by atoms with Crippen LogP contribution in [-0.2, 0) is 27.8 Å². The third-order valence-electron chi connectivity index (χ3n) is 9.04. The maximum absolute atomic E-state index is 14.8. The molecule has 3 aliphatic rings. The predicted octanol–water partition coefficient (Wildman–Crippen LogP) is 5.24. The van der Waals surface area contributed by atoms with Crippen LogP contribution in [0.1, 0.15) is 65.2 Å². The number of hydrogen-bond acceptors (Lipinski definition) is 4. The number of pyridine rings is 1. The summed E-state index contributed by atoms with van der Waals surface area (Å²) in [5, 5.41) is 2.85. The van der Waals surface area contributed by atoms with Crippen molar-refractivity contribution in [3.05, 3.63) is 93.7 Å². The van der Waals surface area contributed by atoms with Crippen molar-refractivity contribution >= 4 is 23.4 Å². The number of hydrogen-bond donors (Lipinski definition) is 1. The van der Waals surface area contributed by atoms with Gasteiger partial charge in [0.25, 0.3) is 0 Å². The van der Waals surface area contributed by atoms with Crippen LogP contribution in [0.2, 0.25) is 0 Å². The molecule has 3 heterocycles. The first-order valence-electron chi connectivity index (χ1n) is 13.6. The number of carbonyl (C=O) groups excluding carboxylic acids is 3. The highest BCUT2D eigenvalue weighted by molar-refractivity contribution is 6.06. The van der Waals surface area contributed by atoms with E-state index >= 15 is 0 Å². The SMILES string of the molecule is CCN1C(=O)[C@@H](CC(=O)c2ccc3c(c2)C[C@@]2(C3)C(=O)Nc3ncccc32)C[C@@H](c2c(F)c(F)cc(F)c2F)[C@H]1C. The molecular formula is C31H27F4N3O3. The topological polar surface area (TPSA) is 79.4 Å². The van der Waals surface area contributed by atoms with Crippen molar-refractivity contribution in [1.82, 2.24) is 9.88 Å². The van der Waals surface area contributed by atoms with Gasteiger partial charge in [0.2, 0.25) is 11.8 Å². The van der Waals surface area contributed by atoms with Gasteiger partial charge in [-0.25, -0.2) is 22.5 Å². The third-order valence-corrected chi connectivity index (χ3v) is 9.04. The lowest BCUT2D eigenvalue weighted by atomic mass is 9.76. The van der Waals surface area contributed by atoms with Gasteiger partial charge in [0.15, 0.2) is 29.1 Å². The van der Waals surface area contributed by atoms with E-state index in [2.05, 4.69) is 10.3 Å². The number of rotatable bonds is 5. The number of piperidine rings is 1. The highest BCUT2D eigenvalue weighted by Gasteiger charge is 2.51. The van der Waals surface area contributed by atoms with Gasteiger partial charge in [-0.05, 0) is 56.4 Å². The van der Waals surface area contributed by atoms with Gasteiger partial charge in [-0.1, -0.05) is 18.2 Å². The molecule has 4 atom stereocenters. The first-order chi connectivity index (χ1) is 19.6. The van der Waals surface area contributed by atoms with E-state index < -0.39 is 52.1 Å². The van der Waals surface area contributed by atoms with E-state index in [9.17, 15) is 31.9 Å². The highest BCUT2D eigenvalue weighted by Crippen LogP contribution is 2.47. The number of likely N-dealkylation sites (N-methyl/N-ethyl adjacent to an activating group) is 1. The predicted molar refractivity (Wildman–Crippen MR) is 141 cm³/mol. The van der Waals surface area contributed by atoms with E-state index in [1.165, 1.54) is 4.90 Å². The molecule has 0 unspecified atom stereocenters. The summed E-state index contributed by atoms with van der Waals surface area (Å²) in [6.45, 7) is 3.47. The second kappa shape index (κ2) is 9.78. The number of ketones is 1. The Kier molecular flexibility index (Phi) is 6.47. The van der Waals surface area contributed by atoms with Crippen LogP contribution in [0.25, 0.3) is 0 Å². The lowest BCUT2D eigenvalue weighted by Gasteiger charge is -2.42. The van der Waals surface area contributed by atoms with E-state index in [1.54, 1.807) is 38.2 Å². The lowest BCUT2D eigenvalue weighted by molar-refractivity contribution is -0.142. The highest BCUT2D eigenvalue weighted by atomic mass is 19.2. The summed E-state index contributed by atoms with van der Waals surface area (Å²) < 4.78 is 57.7. The Labute approximate surface area is 233 Å². The van der Waals surface area contributed by atoms with E-state index in [0.29, 0.717) is 24.2 Å². The Morgan fingerprint density at radius 2 is 1.76 bits per heavy atom. The fourth-order valence-electron chi connectivity index (χ4n) is 6.93. The summed E-state index contributed by atoms with van der Waals surface area (Å²) in [4.78, 5) is 45.4. The number of benzene rings is 2. The number of likely N-dealkylation sites (tertiary alicyclic amines) is 1. The summed E-state index contributed by atoms with van der Waals surface area (Å²) in [5.41, 5.74) is 1.41. The van der Waals surface area contributed by atoms with Gasteiger partial charge in [-0.2, -0.15) is 0 Å². The number of Topliss-reactive ketones (excluding diaryl/α,β-unsaturated/α-hetero) is 1. The fraction of sp³-hybridized carbons (Fsp3) is 0.355. The Hall–Kier alpha value is -4.08. The van der Waals surface area contributed by atoms with E-state index in [4.69, 9.17) is 0 Å². The zero-order valence-electron chi connectivity index (χ0n) is 22.4. The molecule has 2 aromatic carbocycles. The number of halogens is 4. The monoisotopic (exact) mass is 565 g/mol. The van der Waals surface area contributed by atoms with Crippen molar-refractivity contribution in [2.24, 2.45) is 5.92 Å². The molecule has 1 fully saturated rings. The Morgan fingerprint density at radius 3 is 2.46 bits per heavy atom. The maximum atomic E-state index is 14.8. The molecular weight excluding hydrogens is 538 g/mol. The largest absolute Gasteiger partial charge is 0.339 e. The van der Waals surface area contributed by atoms with E-state index in [1.807, 2.05) is 12.1 Å². The summed E-state index contributed by atoms with van der Waals surface area (Å²) in [5.74, 6) is -8.29. The molecule has 41 heavy (non-hydrogen) atoms. The van der Waals surface area contributed by atoms with Crippen LogP contribution >= 0.6 is 0 Å². The summed E-state index contributed by atoms with van der Waals surface area (Å²) in [6, 6.07) is 8.28. The van der Waals surface area contributed by atoms with Gasteiger partial charge in [-0.3, -0.25) is 14.4 Å². The van der Waals surface area contributed by atoms with Crippen molar-refractivity contribution in [3.8, 4) is 0 Å². The summed E-state index contributed by atoms with van der Waals surface area (Å²) in [7, 11) is 0. The summed E-state index contributed by atoms with van der Waals surface area (Å²) in [6.07, 6.45) is 2.09. The second-order valence-corrected chi connectivity index (χ2v) is 11.2. The minimum atomic E-state index is -1.51. The van der Waals surface area contributed by atoms with Crippen LogP contribution < -0.4 is 5.32 Å². The average molecular weight is 566 g/mol. The standard InChI is InChI=1S/C31H27F4N3O3/c1-3-38-15(2)20(25-26(34)22(32)12-23(33)27(25)35)10-18(29(38)40)11-24(39)16-6-7-17-13-31(14-19(17)9-16)21-5-4-8-36-28(21)37-30(31)41/h4-9,12,15,18,20H,3,10-11,13-14H2,1-2H3,(H,36,37,41)/t15-,18-,20-,31-/m1/s1. The quantitative estimate of drug-likeness (QED) is 0.261. The molecule has 1 spiro atoms. The molecule has 212 valence electrons. The average Bonchev–Trinajstić information content (AvgIpc) is 3.47. The molecule has 1 aromatic heterocycles. The van der Waals surface area contributed by atoms with Crippen LogP contribution in [0.15, 0.2) is 42.6 Å². The zero-order chi connectivity index (χ0) is 29.2. The first-order valence-corrected chi connectivity index (χ1v) is 13.6. The molecule has 6 rings (SSSR count). The Balaban J connectivity index is 1.27. The van der Waals surface area contributed by atoms with Crippen LogP contribution in [0.3, 0.4) is 0 Å². The molecule has 6 nitrogen and oxygen atoms in total. The number of nitrogens with one attached hydrogen (secondary N) is 1. The van der Waals surface area contributed by atoms with Crippen molar-refractivity contribution in [2.75, 3.05) is 11.9 Å². The van der Waals surface area contributed by atoms with Crippen molar-refractivity contribution in [3.63, 3.8) is 0 Å². The number of fused-ring (bicyclic) bond motifs is 3. The smallest absolute Gasteiger partial charge is 0.237 e. The van der Waals surface area contributed by atoms with Crippen molar-refractivity contribution < 1.29 is 31.9 Å². The van der Waals surface area contributed by atoms with Crippen molar-refractivity contribution in [1.29, 1.82) is 0 Å². The van der Waals surface area contributed by atoms with Gasteiger partial charge in [0.05, 0.1) is 5.41 Å². The van der Waals surface area contributed by atoms with Crippen molar-refractivity contribution in [2.45, 2.75) is 56.9 Å². The van der Waals surface area contributed by atoms with Gasteiger partial charge in [0, 0.05) is 59.8 Å². The first kappa shape index (κ1) is 27.1. The number of aromatic nitrogens is 1. The van der Waals surface area contributed by atoms with E-state index in [0.717, 1.165) is 16.7 Å². The number of amides is 2. The van der Waals surface area contributed by atoms with Crippen LogP contribution in [0.5, 0.6) is 0 Å². The zero-order valence-corrected chi connectivity index (χ0v) is 22.4. The summed E-state index contributed by atoms with van der Waals surface area (Å²) >= 11 is 0. The normalized spacial score (nSPS) is 24.9. The molecule has 2 amide bonds. The third kappa shape index (κ3) is 4.14. The number of carbonyl (C=O) groups is 3.